The molecule has 0 heterocycles. The van der Waals surface area contributed by atoms with Gasteiger partial charge in [-0.2, -0.15) is 0 Å². The molecule has 6 heteroatoms. The van der Waals surface area contributed by atoms with Crippen molar-refractivity contribution in [3.8, 4) is 0 Å². The molecule has 0 aromatic heterocycles. The average Bonchev–Trinajstić information content (AvgIpc) is 2.38. The van der Waals surface area contributed by atoms with Crippen molar-refractivity contribution in [1.29, 1.82) is 0 Å². The fourth-order valence-electron chi connectivity index (χ4n) is 1.44. The molecule has 0 aliphatic rings. The highest BCUT2D eigenvalue weighted by Crippen LogP contribution is 2.12. The maximum atomic E-state index is 11.9. The first-order chi connectivity index (χ1) is 8.97. The summed E-state index contributed by atoms with van der Waals surface area (Å²) >= 11 is 0. The third-order valence-corrected chi connectivity index (χ3v) is 4.29. The molecule has 0 radical (unpaired) electrons. The Morgan fingerprint density at radius 3 is 2.37 bits per heavy atom. The maximum Gasteiger partial charge on any atom is 0.335 e. The van der Waals surface area contributed by atoms with E-state index in [0.717, 1.165) is 12.8 Å². The fourth-order valence-corrected chi connectivity index (χ4v) is 2.56. The quantitative estimate of drug-likeness (QED) is 0.739. The Kier molecular flexibility index (Phi) is 5.98. The van der Waals surface area contributed by atoms with E-state index in [9.17, 15) is 13.2 Å². The van der Waals surface area contributed by atoms with Crippen molar-refractivity contribution >= 4 is 15.8 Å². The molecule has 0 atom stereocenters. The van der Waals surface area contributed by atoms with Gasteiger partial charge in [0.05, 0.1) is 22.8 Å². The normalized spacial score (nSPS) is 11.4. The Hall–Kier alpha value is -1.40. The molecule has 0 saturated carbocycles. The number of benzene rings is 1. The molecule has 106 valence electrons. The second-order valence-corrected chi connectivity index (χ2v) is 6.22. The second kappa shape index (κ2) is 7.25. The maximum absolute atomic E-state index is 11.9. The van der Waals surface area contributed by atoms with Gasteiger partial charge in [0.1, 0.15) is 0 Å². The van der Waals surface area contributed by atoms with Crippen molar-refractivity contribution in [1.82, 2.24) is 0 Å². The lowest BCUT2D eigenvalue weighted by atomic mass is 10.2. The van der Waals surface area contributed by atoms with Crippen LogP contribution in [0.15, 0.2) is 29.2 Å². The molecule has 1 aromatic carbocycles. The molecule has 19 heavy (non-hydrogen) atoms. The Morgan fingerprint density at radius 2 is 1.84 bits per heavy atom. The summed E-state index contributed by atoms with van der Waals surface area (Å²) in [6.45, 7) is 2.75. The third kappa shape index (κ3) is 5.00. The van der Waals surface area contributed by atoms with Crippen LogP contribution in [0, 0.1) is 0 Å². The zero-order chi connectivity index (χ0) is 14.3. The van der Waals surface area contributed by atoms with Crippen molar-refractivity contribution in [2.24, 2.45) is 0 Å². The predicted octanol–water partition coefficient (Wildman–Crippen LogP) is 1.98. The van der Waals surface area contributed by atoms with Gasteiger partial charge in [-0.15, -0.1) is 0 Å². The van der Waals surface area contributed by atoms with E-state index in [2.05, 4.69) is 0 Å². The zero-order valence-electron chi connectivity index (χ0n) is 10.8. The number of ether oxygens (including phenoxy) is 1. The van der Waals surface area contributed by atoms with Crippen LogP contribution in [-0.2, 0) is 14.6 Å². The molecule has 1 rings (SSSR count). The molecule has 0 aliphatic heterocycles. The number of rotatable bonds is 8. The van der Waals surface area contributed by atoms with Gasteiger partial charge in [-0.25, -0.2) is 13.2 Å². The van der Waals surface area contributed by atoms with Crippen molar-refractivity contribution < 1.29 is 23.1 Å². The lowest BCUT2D eigenvalue weighted by Crippen LogP contribution is -2.13. The molecular weight excluding hydrogens is 268 g/mol. The van der Waals surface area contributed by atoms with Gasteiger partial charge in [0.2, 0.25) is 0 Å². The van der Waals surface area contributed by atoms with Crippen molar-refractivity contribution in [2.75, 3.05) is 19.0 Å². The first-order valence-electron chi connectivity index (χ1n) is 6.11. The monoisotopic (exact) mass is 286 g/mol. The van der Waals surface area contributed by atoms with Crippen LogP contribution >= 0.6 is 0 Å². The van der Waals surface area contributed by atoms with Crippen LogP contribution in [0.2, 0.25) is 0 Å². The van der Waals surface area contributed by atoms with E-state index in [1.807, 2.05) is 6.92 Å². The van der Waals surface area contributed by atoms with Gasteiger partial charge < -0.3 is 9.84 Å². The topological polar surface area (TPSA) is 80.7 Å². The molecule has 0 unspecified atom stereocenters. The minimum Gasteiger partial charge on any atom is -0.478 e. The van der Waals surface area contributed by atoms with E-state index >= 15 is 0 Å². The van der Waals surface area contributed by atoms with Crippen LogP contribution in [-0.4, -0.2) is 38.5 Å². The van der Waals surface area contributed by atoms with Gasteiger partial charge in [0, 0.05) is 6.61 Å². The summed E-state index contributed by atoms with van der Waals surface area (Å²) in [6.07, 6.45) is 1.91. The SMILES string of the molecule is CCCCOCCS(=O)(=O)c1ccc(C(=O)O)cc1. The first kappa shape index (κ1) is 15.7. The van der Waals surface area contributed by atoms with Gasteiger partial charge in [-0.05, 0) is 30.7 Å². The summed E-state index contributed by atoms with van der Waals surface area (Å²) < 4.78 is 29.1. The summed E-state index contributed by atoms with van der Waals surface area (Å²) in [6, 6.07) is 5.19. The standard InChI is InChI=1S/C13H18O5S/c1-2-3-8-18-9-10-19(16,17)12-6-4-11(5-7-12)13(14)15/h4-7H,2-3,8-10H2,1H3,(H,14,15). The van der Waals surface area contributed by atoms with Crippen LogP contribution in [0.25, 0.3) is 0 Å². The molecular formula is C13H18O5S. The van der Waals surface area contributed by atoms with Gasteiger partial charge in [-0.1, -0.05) is 13.3 Å². The smallest absolute Gasteiger partial charge is 0.335 e. The van der Waals surface area contributed by atoms with Crippen LogP contribution in [0.3, 0.4) is 0 Å². The summed E-state index contributed by atoms with van der Waals surface area (Å²) in [5.41, 5.74) is 0.0677. The van der Waals surface area contributed by atoms with Crippen molar-refractivity contribution in [3.63, 3.8) is 0 Å². The number of carboxylic acid groups (broad SMARTS) is 1. The number of carbonyl (C=O) groups is 1. The van der Waals surface area contributed by atoms with Crippen molar-refractivity contribution in [3.05, 3.63) is 29.8 Å². The molecule has 5 nitrogen and oxygen atoms in total. The minimum absolute atomic E-state index is 0.0677. The highest BCUT2D eigenvalue weighted by molar-refractivity contribution is 7.91. The van der Waals surface area contributed by atoms with Gasteiger partial charge in [-0.3, -0.25) is 0 Å². The lowest BCUT2D eigenvalue weighted by Gasteiger charge is -2.06. The van der Waals surface area contributed by atoms with E-state index in [4.69, 9.17) is 9.84 Å². The van der Waals surface area contributed by atoms with Gasteiger partial charge >= 0.3 is 5.97 Å². The van der Waals surface area contributed by atoms with E-state index < -0.39 is 15.8 Å². The molecule has 0 amide bonds. The third-order valence-electron chi connectivity index (χ3n) is 2.60. The summed E-state index contributed by atoms with van der Waals surface area (Å²) in [4.78, 5) is 10.8. The highest BCUT2D eigenvalue weighted by atomic mass is 32.2. The van der Waals surface area contributed by atoms with Crippen LogP contribution < -0.4 is 0 Å². The average molecular weight is 286 g/mol. The molecule has 0 bridgehead atoms. The number of hydrogen-bond acceptors (Lipinski definition) is 4. The minimum atomic E-state index is -3.41. The van der Waals surface area contributed by atoms with E-state index in [1.165, 1.54) is 24.3 Å². The molecule has 0 spiro atoms. The number of hydrogen-bond donors (Lipinski definition) is 1. The summed E-state index contributed by atoms with van der Waals surface area (Å²) in [5.74, 6) is -1.17. The number of sulfone groups is 1. The van der Waals surface area contributed by atoms with E-state index in [0.29, 0.717) is 6.61 Å². The van der Waals surface area contributed by atoms with Crippen LogP contribution in [0.4, 0.5) is 0 Å². The Labute approximate surface area is 113 Å². The van der Waals surface area contributed by atoms with Gasteiger partial charge in [0.15, 0.2) is 9.84 Å². The fraction of sp³-hybridized carbons (Fsp3) is 0.462. The Balaban J connectivity index is 2.59. The molecule has 0 fully saturated rings. The lowest BCUT2D eigenvalue weighted by molar-refractivity contribution is 0.0696. The first-order valence-corrected chi connectivity index (χ1v) is 7.76. The predicted molar refractivity (Wildman–Crippen MR) is 71.2 cm³/mol. The molecule has 0 saturated heterocycles. The van der Waals surface area contributed by atoms with Crippen LogP contribution in [0.1, 0.15) is 30.1 Å². The molecule has 1 N–H and O–H groups in total. The highest BCUT2D eigenvalue weighted by Gasteiger charge is 2.14. The second-order valence-electron chi connectivity index (χ2n) is 4.11. The van der Waals surface area contributed by atoms with Crippen LogP contribution in [0.5, 0.6) is 0 Å². The number of carboxylic acids is 1. The zero-order valence-corrected chi connectivity index (χ0v) is 11.6. The largest absolute Gasteiger partial charge is 0.478 e. The molecule has 0 aliphatic carbocycles. The van der Waals surface area contributed by atoms with E-state index in [1.54, 1.807) is 0 Å². The number of aromatic carboxylic acids is 1. The van der Waals surface area contributed by atoms with Crippen molar-refractivity contribution in [2.45, 2.75) is 24.7 Å². The number of unbranched alkanes of at least 4 members (excludes halogenated alkanes) is 1. The summed E-state index contributed by atoms with van der Waals surface area (Å²) in [5, 5.41) is 8.73. The Bertz CT molecular complexity index is 504. The van der Waals surface area contributed by atoms with Gasteiger partial charge in [0.25, 0.3) is 0 Å². The van der Waals surface area contributed by atoms with E-state index in [-0.39, 0.29) is 22.8 Å². The summed E-state index contributed by atoms with van der Waals surface area (Å²) in [7, 11) is -3.41. The Morgan fingerprint density at radius 1 is 1.21 bits per heavy atom. The molecule has 1 aromatic rings.